The van der Waals surface area contributed by atoms with Gasteiger partial charge in [-0.3, -0.25) is 19.3 Å². The third-order valence-electron chi connectivity index (χ3n) is 6.15. The van der Waals surface area contributed by atoms with Crippen LogP contribution in [-0.2, 0) is 30.5 Å². The molecule has 1 aliphatic heterocycles. The minimum Gasteiger partial charge on any atom is -0.508 e. The molecule has 3 aromatic carbocycles. The number of fused-ring (bicyclic) bond motifs is 1. The second-order valence-corrected chi connectivity index (χ2v) is 8.59. The summed E-state index contributed by atoms with van der Waals surface area (Å²) in [5.41, 5.74) is 4.75. The highest BCUT2D eigenvalue weighted by Crippen LogP contribution is 2.24. The molecule has 34 heavy (non-hydrogen) atoms. The van der Waals surface area contributed by atoms with Gasteiger partial charge in [-0.05, 0) is 72.6 Å². The molecule has 0 fully saturated rings. The number of benzene rings is 3. The maximum atomic E-state index is 12.7. The zero-order chi connectivity index (χ0) is 24.1. The van der Waals surface area contributed by atoms with E-state index in [0.29, 0.717) is 29.7 Å². The van der Waals surface area contributed by atoms with Crippen molar-refractivity contribution in [2.75, 3.05) is 6.54 Å². The number of carboxylic acids is 1. The molecule has 0 bridgehead atoms. The minimum absolute atomic E-state index is 0.0409. The first-order valence-corrected chi connectivity index (χ1v) is 11.5. The molecular formula is C28H27NO5. The highest BCUT2D eigenvalue weighted by Gasteiger charge is 2.34. The van der Waals surface area contributed by atoms with E-state index in [1.165, 1.54) is 4.90 Å². The van der Waals surface area contributed by atoms with Crippen molar-refractivity contribution in [2.24, 2.45) is 0 Å². The Hall–Kier alpha value is -3.93. The first-order valence-electron chi connectivity index (χ1n) is 11.5. The number of aromatic hydroxyl groups is 1. The summed E-state index contributed by atoms with van der Waals surface area (Å²) in [6.07, 6.45) is 3.30. The van der Waals surface area contributed by atoms with E-state index in [4.69, 9.17) is 5.11 Å². The van der Waals surface area contributed by atoms with Gasteiger partial charge >= 0.3 is 5.97 Å². The van der Waals surface area contributed by atoms with Gasteiger partial charge in [0.2, 0.25) is 0 Å². The average molecular weight is 458 g/mol. The van der Waals surface area contributed by atoms with Crippen LogP contribution in [0.5, 0.6) is 5.75 Å². The first-order chi connectivity index (χ1) is 16.4. The van der Waals surface area contributed by atoms with Crippen LogP contribution in [0.15, 0.2) is 66.7 Å². The fraction of sp³-hybridized carbons (Fsp3) is 0.250. The van der Waals surface area contributed by atoms with Gasteiger partial charge in [-0.25, -0.2) is 0 Å². The van der Waals surface area contributed by atoms with Gasteiger partial charge in [0, 0.05) is 13.0 Å². The SMILES string of the molecule is O=C(O)CCc1cc(CCCc2ccccc2O)cc(CCN2C(=O)c3ccccc3C2=O)c1. The Labute approximate surface area is 198 Å². The number of hydrogen-bond acceptors (Lipinski definition) is 4. The van der Waals surface area contributed by atoms with E-state index in [2.05, 4.69) is 6.07 Å². The lowest BCUT2D eigenvalue weighted by Crippen LogP contribution is -2.31. The molecule has 2 amide bonds. The van der Waals surface area contributed by atoms with Crippen molar-refractivity contribution in [2.45, 2.75) is 38.5 Å². The van der Waals surface area contributed by atoms with Crippen LogP contribution >= 0.6 is 0 Å². The van der Waals surface area contributed by atoms with Crippen molar-refractivity contribution in [3.63, 3.8) is 0 Å². The maximum Gasteiger partial charge on any atom is 0.303 e. The lowest BCUT2D eigenvalue weighted by atomic mass is 9.96. The lowest BCUT2D eigenvalue weighted by molar-refractivity contribution is -0.136. The zero-order valence-electron chi connectivity index (χ0n) is 18.9. The summed E-state index contributed by atoms with van der Waals surface area (Å²) in [5.74, 6) is -1.10. The molecule has 0 saturated heterocycles. The van der Waals surface area contributed by atoms with Crippen molar-refractivity contribution >= 4 is 17.8 Å². The van der Waals surface area contributed by atoms with E-state index in [1.807, 2.05) is 24.3 Å². The van der Waals surface area contributed by atoms with Gasteiger partial charge in [-0.2, -0.15) is 0 Å². The molecule has 3 aromatic rings. The van der Waals surface area contributed by atoms with Crippen LogP contribution in [0.25, 0.3) is 0 Å². The van der Waals surface area contributed by atoms with Crippen LogP contribution in [0.3, 0.4) is 0 Å². The molecule has 0 unspecified atom stereocenters. The second kappa shape index (κ2) is 10.3. The summed E-state index contributed by atoms with van der Waals surface area (Å²) in [6, 6.07) is 20.2. The molecule has 0 radical (unpaired) electrons. The third-order valence-corrected chi connectivity index (χ3v) is 6.15. The lowest BCUT2D eigenvalue weighted by Gasteiger charge is -2.15. The Morgan fingerprint density at radius 1 is 0.735 bits per heavy atom. The Kier molecular flexibility index (Phi) is 7.07. The molecule has 174 valence electrons. The molecule has 0 aliphatic carbocycles. The number of nitrogens with zero attached hydrogens (tertiary/aromatic N) is 1. The summed E-state index contributed by atoms with van der Waals surface area (Å²) in [5, 5.41) is 19.1. The number of rotatable bonds is 10. The fourth-order valence-corrected chi connectivity index (χ4v) is 4.41. The quantitative estimate of drug-likeness (QED) is 0.440. The van der Waals surface area contributed by atoms with E-state index < -0.39 is 5.97 Å². The normalized spacial score (nSPS) is 12.8. The maximum absolute atomic E-state index is 12.7. The number of para-hydroxylation sites is 1. The molecule has 2 N–H and O–H groups in total. The standard InChI is InChI=1S/C28H27NO5/c30-25-11-4-1-7-22(25)8-5-6-19-16-20(12-13-26(31)32)18-21(17-19)14-15-29-27(33)23-9-2-3-10-24(23)28(29)34/h1-4,7,9-11,16-18,30H,5-6,8,12-15H2,(H,31,32). The van der Waals surface area contributed by atoms with Crippen LogP contribution in [0.1, 0.15) is 55.8 Å². The first kappa shape index (κ1) is 23.2. The number of phenols is 1. The van der Waals surface area contributed by atoms with Gasteiger partial charge in [0.05, 0.1) is 11.1 Å². The Morgan fingerprint density at radius 2 is 1.29 bits per heavy atom. The third kappa shape index (κ3) is 5.34. The number of aryl methyl sites for hydroxylation is 3. The minimum atomic E-state index is -0.850. The Balaban J connectivity index is 1.46. The van der Waals surface area contributed by atoms with E-state index in [9.17, 15) is 19.5 Å². The summed E-state index contributed by atoms with van der Waals surface area (Å²) in [7, 11) is 0. The largest absolute Gasteiger partial charge is 0.508 e. The highest BCUT2D eigenvalue weighted by molar-refractivity contribution is 6.21. The molecule has 0 spiro atoms. The van der Waals surface area contributed by atoms with E-state index in [0.717, 1.165) is 41.5 Å². The van der Waals surface area contributed by atoms with Crippen molar-refractivity contribution in [1.82, 2.24) is 4.90 Å². The number of carbonyl (C=O) groups excluding carboxylic acids is 2. The topological polar surface area (TPSA) is 94.9 Å². The molecule has 4 rings (SSSR count). The summed E-state index contributed by atoms with van der Waals surface area (Å²) < 4.78 is 0. The second-order valence-electron chi connectivity index (χ2n) is 8.59. The van der Waals surface area contributed by atoms with Crippen LogP contribution in [0.4, 0.5) is 0 Å². The molecule has 0 saturated carbocycles. The molecule has 0 atom stereocenters. The molecule has 1 heterocycles. The molecule has 6 nitrogen and oxygen atoms in total. The predicted molar refractivity (Wildman–Crippen MR) is 128 cm³/mol. The van der Waals surface area contributed by atoms with Gasteiger partial charge < -0.3 is 10.2 Å². The number of carboxylic acid groups (broad SMARTS) is 1. The van der Waals surface area contributed by atoms with Crippen molar-refractivity contribution in [3.8, 4) is 5.75 Å². The Bertz CT molecular complexity index is 1200. The van der Waals surface area contributed by atoms with Crippen molar-refractivity contribution in [1.29, 1.82) is 0 Å². The van der Waals surface area contributed by atoms with Crippen LogP contribution in [0, 0.1) is 0 Å². The smallest absolute Gasteiger partial charge is 0.303 e. The van der Waals surface area contributed by atoms with Gasteiger partial charge in [0.15, 0.2) is 0 Å². The molecule has 6 heteroatoms. The van der Waals surface area contributed by atoms with Gasteiger partial charge in [-0.1, -0.05) is 48.5 Å². The number of hydrogen-bond donors (Lipinski definition) is 2. The van der Waals surface area contributed by atoms with Crippen molar-refractivity contribution in [3.05, 3.63) is 100 Å². The highest BCUT2D eigenvalue weighted by atomic mass is 16.4. The van der Waals surface area contributed by atoms with Gasteiger partial charge in [-0.15, -0.1) is 0 Å². The average Bonchev–Trinajstić information content (AvgIpc) is 3.07. The number of phenolic OH excluding ortho intramolecular Hbond substituents is 1. The van der Waals surface area contributed by atoms with Crippen LogP contribution < -0.4 is 0 Å². The number of carbonyl (C=O) groups is 3. The number of imide groups is 1. The van der Waals surface area contributed by atoms with E-state index in [1.54, 1.807) is 36.4 Å². The number of amides is 2. The summed E-state index contributed by atoms with van der Waals surface area (Å²) in [6.45, 7) is 0.270. The van der Waals surface area contributed by atoms with Gasteiger partial charge in [0.25, 0.3) is 11.8 Å². The molecular weight excluding hydrogens is 430 g/mol. The zero-order valence-corrected chi connectivity index (χ0v) is 18.9. The fourth-order valence-electron chi connectivity index (χ4n) is 4.41. The Morgan fingerprint density at radius 3 is 1.91 bits per heavy atom. The van der Waals surface area contributed by atoms with E-state index >= 15 is 0 Å². The van der Waals surface area contributed by atoms with Crippen LogP contribution in [0.2, 0.25) is 0 Å². The molecule has 0 aromatic heterocycles. The van der Waals surface area contributed by atoms with Crippen molar-refractivity contribution < 1.29 is 24.6 Å². The predicted octanol–water partition coefficient (Wildman–Crippen LogP) is 4.42. The summed E-state index contributed by atoms with van der Waals surface area (Å²) in [4.78, 5) is 37.7. The van der Waals surface area contributed by atoms with Crippen LogP contribution in [-0.4, -0.2) is 39.4 Å². The summed E-state index contributed by atoms with van der Waals surface area (Å²) >= 11 is 0. The number of aliphatic carboxylic acids is 1. The molecule has 1 aliphatic rings. The van der Waals surface area contributed by atoms with Gasteiger partial charge in [0.1, 0.15) is 5.75 Å². The van der Waals surface area contributed by atoms with E-state index in [-0.39, 0.29) is 24.8 Å². The monoisotopic (exact) mass is 457 g/mol.